The minimum Gasteiger partial charge on any atom is -0.407 e. The normalized spacial score (nSPS) is 25.7. The Kier molecular flexibility index (Phi) is 3.22. The zero-order chi connectivity index (χ0) is 12.5. The molecule has 2 unspecified atom stereocenters. The third kappa shape index (κ3) is 2.64. The molecule has 2 atom stereocenters. The van der Waals surface area contributed by atoms with E-state index in [-0.39, 0.29) is 6.10 Å². The predicted octanol–water partition coefficient (Wildman–Crippen LogP) is 0.529. The highest BCUT2D eigenvalue weighted by Gasteiger charge is 2.29. The summed E-state index contributed by atoms with van der Waals surface area (Å²) in [5.41, 5.74) is 0. The van der Waals surface area contributed by atoms with Crippen LogP contribution >= 0.6 is 0 Å². The lowest BCUT2D eigenvalue weighted by Crippen LogP contribution is -2.24. The second kappa shape index (κ2) is 4.85. The zero-order valence-corrected chi connectivity index (χ0v) is 10.7. The molecule has 6 nitrogen and oxygen atoms in total. The molecule has 18 heavy (non-hydrogen) atoms. The molecule has 0 aromatic carbocycles. The average Bonchev–Trinajstić information content (AvgIpc) is 2.88. The number of anilines is 1. The van der Waals surface area contributed by atoms with Crippen molar-refractivity contribution < 1.29 is 9.52 Å². The Hall–Kier alpha value is -1.14. The highest BCUT2D eigenvalue weighted by Crippen LogP contribution is 2.25. The number of nitrogens with zero attached hydrogens (tertiary/aromatic N) is 3. The van der Waals surface area contributed by atoms with Gasteiger partial charge in [-0.15, -0.1) is 5.10 Å². The van der Waals surface area contributed by atoms with E-state index in [4.69, 9.17) is 4.42 Å². The Morgan fingerprint density at radius 1 is 1.44 bits per heavy atom. The van der Waals surface area contributed by atoms with Gasteiger partial charge in [-0.05, 0) is 26.2 Å². The van der Waals surface area contributed by atoms with Gasteiger partial charge in [-0.3, -0.25) is 0 Å². The lowest BCUT2D eigenvalue weighted by Gasteiger charge is -2.14. The number of aliphatic hydroxyl groups is 1. The summed E-state index contributed by atoms with van der Waals surface area (Å²) in [5, 5.41) is 21.0. The van der Waals surface area contributed by atoms with Crippen LogP contribution in [0.2, 0.25) is 0 Å². The Morgan fingerprint density at radius 2 is 2.28 bits per heavy atom. The minimum atomic E-state index is -0.270. The molecular formula is C12H20N4O2. The number of aliphatic hydroxyl groups excluding tert-OH is 1. The lowest BCUT2D eigenvalue weighted by molar-refractivity contribution is 0.136. The van der Waals surface area contributed by atoms with Crippen LogP contribution in [0.1, 0.15) is 32.1 Å². The van der Waals surface area contributed by atoms with Gasteiger partial charge in [0.1, 0.15) is 0 Å². The Morgan fingerprint density at radius 3 is 2.94 bits per heavy atom. The SMILES string of the molecule is CC(O)C1CCN(c2nnc(CNC3CC3)o2)C1. The van der Waals surface area contributed by atoms with Crippen LogP contribution in [-0.4, -0.2) is 40.5 Å². The van der Waals surface area contributed by atoms with Gasteiger partial charge >= 0.3 is 6.01 Å². The van der Waals surface area contributed by atoms with Gasteiger partial charge in [-0.25, -0.2) is 0 Å². The fourth-order valence-corrected chi connectivity index (χ4v) is 2.32. The molecule has 0 bridgehead atoms. The molecule has 6 heteroatoms. The van der Waals surface area contributed by atoms with Crippen molar-refractivity contribution >= 4 is 6.01 Å². The maximum Gasteiger partial charge on any atom is 0.318 e. The number of hydrogen-bond acceptors (Lipinski definition) is 6. The first-order valence-electron chi connectivity index (χ1n) is 6.71. The first-order valence-corrected chi connectivity index (χ1v) is 6.71. The fourth-order valence-electron chi connectivity index (χ4n) is 2.32. The van der Waals surface area contributed by atoms with E-state index in [1.165, 1.54) is 12.8 Å². The molecule has 1 aromatic heterocycles. The highest BCUT2D eigenvalue weighted by atomic mass is 16.4. The van der Waals surface area contributed by atoms with Crippen molar-refractivity contribution in [3.63, 3.8) is 0 Å². The number of nitrogens with one attached hydrogen (secondary N) is 1. The minimum absolute atomic E-state index is 0.270. The summed E-state index contributed by atoms with van der Waals surface area (Å²) >= 11 is 0. The van der Waals surface area contributed by atoms with Gasteiger partial charge in [0.25, 0.3) is 0 Å². The maximum atomic E-state index is 9.57. The van der Waals surface area contributed by atoms with Gasteiger partial charge in [0.15, 0.2) is 0 Å². The molecule has 1 saturated carbocycles. The quantitative estimate of drug-likeness (QED) is 0.796. The van der Waals surface area contributed by atoms with Crippen molar-refractivity contribution in [1.82, 2.24) is 15.5 Å². The molecule has 100 valence electrons. The number of hydrogen-bond donors (Lipinski definition) is 2. The molecule has 0 amide bonds. The van der Waals surface area contributed by atoms with Gasteiger partial charge in [0, 0.05) is 25.0 Å². The first-order chi connectivity index (χ1) is 8.72. The molecule has 3 rings (SSSR count). The molecule has 2 heterocycles. The van der Waals surface area contributed by atoms with Crippen molar-refractivity contribution in [1.29, 1.82) is 0 Å². The van der Waals surface area contributed by atoms with Crippen LogP contribution in [-0.2, 0) is 6.54 Å². The molecule has 1 aliphatic carbocycles. The van der Waals surface area contributed by atoms with Crippen LogP contribution in [0.3, 0.4) is 0 Å². The summed E-state index contributed by atoms with van der Waals surface area (Å²) in [6.07, 6.45) is 3.22. The fraction of sp³-hybridized carbons (Fsp3) is 0.833. The monoisotopic (exact) mass is 252 g/mol. The molecule has 1 aliphatic heterocycles. The summed E-state index contributed by atoms with van der Waals surface area (Å²) in [6, 6.07) is 1.23. The van der Waals surface area contributed by atoms with E-state index in [1.54, 1.807) is 0 Å². The number of rotatable bonds is 5. The van der Waals surface area contributed by atoms with E-state index in [2.05, 4.69) is 20.4 Å². The van der Waals surface area contributed by atoms with E-state index in [0.29, 0.717) is 30.4 Å². The highest BCUT2D eigenvalue weighted by molar-refractivity contribution is 5.26. The lowest BCUT2D eigenvalue weighted by atomic mass is 10.0. The number of aromatic nitrogens is 2. The maximum absolute atomic E-state index is 9.57. The van der Waals surface area contributed by atoms with Crippen molar-refractivity contribution in [2.24, 2.45) is 5.92 Å². The summed E-state index contributed by atoms with van der Waals surface area (Å²) in [4.78, 5) is 2.06. The van der Waals surface area contributed by atoms with Crippen LogP contribution in [0.25, 0.3) is 0 Å². The smallest absolute Gasteiger partial charge is 0.318 e. The second-order valence-electron chi connectivity index (χ2n) is 5.37. The summed E-state index contributed by atoms with van der Waals surface area (Å²) < 4.78 is 5.63. The van der Waals surface area contributed by atoms with Crippen LogP contribution in [0, 0.1) is 5.92 Å². The van der Waals surface area contributed by atoms with Crippen LogP contribution < -0.4 is 10.2 Å². The van der Waals surface area contributed by atoms with Crippen molar-refractivity contribution in [2.75, 3.05) is 18.0 Å². The molecular weight excluding hydrogens is 232 g/mol. The van der Waals surface area contributed by atoms with Crippen molar-refractivity contribution in [2.45, 2.75) is 44.9 Å². The third-order valence-corrected chi connectivity index (χ3v) is 3.75. The first kappa shape index (κ1) is 11.9. The van der Waals surface area contributed by atoms with Crippen LogP contribution in [0.15, 0.2) is 4.42 Å². The largest absolute Gasteiger partial charge is 0.407 e. The van der Waals surface area contributed by atoms with Crippen molar-refractivity contribution in [3.05, 3.63) is 5.89 Å². The van der Waals surface area contributed by atoms with E-state index in [1.807, 2.05) is 6.92 Å². The van der Waals surface area contributed by atoms with E-state index < -0.39 is 0 Å². The molecule has 2 aliphatic rings. The molecule has 2 fully saturated rings. The van der Waals surface area contributed by atoms with Crippen LogP contribution in [0.5, 0.6) is 0 Å². The van der Waals surface area contributed by atoms with Crippen molar-refractivity contribution in [3.8, 4) is 0 Å². The Bertz CT molecular complexity index is 403. The average molecular weight is 252 g/mol. The van der Waals surface area contributed by atoms with Crippen LogP contribution in [0.4, 0.5) is 6.01 Å². The Balaban J connectivity index is 1.55. The van der Waals surface area contributed by atoms with E-state index in [9.17, 15) is 5.11 Å². The third-order valence-electron chi connectivity index (χ3n) is 3.75. The van der Waals surface area contributed by atoms with Gasteiger partial charge in [-0.1, -0.05) is 5.10 Å². The van der Waals surface area contributed by atoms with Gasteiger partial charge in [-0.2, -0.15) is 0 Å². The standard InChI is InChI=1S/C12H20N4O2/c1-8(17)9-4-5-16(7-9)12-15-14-11(18-12)6-13-10-2-3-10/h8-10,13,17H,2-7H2,1H3. The second-order valence-corrected chi connectivity index (χ2v) is 5.37. The van der Waals surface area contributed by atoms with Gasteiger partial charge in [0.05, 0.1) is 12.6 Å². The summed E-state index contributed by atoms with van der Waals surface area (Å²) in [5.74, 6) is 0.960. The topological polar surface area (TPSA) is 74.4 Å². The molecule has 2 N–H and O–H groups in total. The zero-order valence-electron chi connectivity index (χ0n) is 10.7. The molecule has 0 radical (unpaired) electrons. The molecule has 1 saturated heterocycles. The molecule has 1 aromatic rings. The van der Waals surface area contributed by atoms with E-state index >= 15 is 0 Å². The summed E-state index contributed by atoms with van der Waals surface area (Å²) in [6.45, 7) is 4.18. The Labute approximate surface area is 106 Å². The predicted molar refractivity (Wildman–Crippen MR) is 66.2 cm³/mol. The molecule has 0 spiro atoms. The van der Waals surface area contributed by atoms with Gasteiger partial charge < -0.3 is 19.7 Å². The van der Waals surface area contributed by atoms with E-state index in [0.717, 1.165) is 19.5 Å². The van der Waals surface area contributed by atoms with Gasteiger partial charge in [0.2, 0.25) is 5.89 Å². The summed E-state index contributed by atoms with van der Waals surface area (Å²) in [7, 11) is 0.